The van der Waals surface area contributed by atoms with Crippen LogP contribution >= 0.6 is 0 Å². The zero-order valence-electron chi connectivity index (χ0n) is 4.43. The molecule has 0 aliphatic rings. The van der Waals surface area contributed by atoms with E-state index in [0.29, 0.717) is 0 Å². The van der Waals surface area contributed by atoms with Crippen molar-refractivity contribution in [3.63, 3.8) is 0 Å². The summed E-state index contributed by atoms with van der Waals surface area (Å²) in [7, 11) is 0. The molecule has 8 heavy (non-hydrogen) atoms. The molecule has 0 saturated heterocycles. The molecule has 0 unspecified atom stereocenters. The van der Waals surface area contributed by atoms with Gasteiger partial charge in [0, 0.05) is 0 Å². The van der Waals surface area contributed by atoms with Crippen LogP contribution in [-0.4, -0.2) is 11.8 Å². The Kier molecular flexibility index (Phi) is 3.74. The van der Waals surface area contributed by atoms with Crippen LogP contribution in [-0.2, 0) is 33.7 Å². The summed E-state index contributed by atoms with van der Waals surface area (Å²) in [4.78, 5) is 20.3. The van der Waals surface area contributed by atoms with Gasteiger partial charge in [0.25, 0.3) is 0 Å². The third-order valence-electron chi connectivity index (χ3n) is 0.507. The zero-order chi connectivity index (χ0) is 6.57. The summed E-state index contributed by atoms with van der Waals surface area (Å²) >= 11 is 1.26. The summed E-state index contributed by atoms with van der Waals surface area (Å²) in [6.07, 6.45) is -0.115. The van der Waals surface area contributed by atoms with Crippen molar-refractivity contribution in [3.05, 3.63) is 0 Å². The fraction of sp³-hybridized carbons (Fsp3) is 0.500. The van der Waals surface area contributed by atoms with Gasteiger partial charge in [-0.05, 0) is 0 Å². The van der Waals surface area contributed by atoms with Crippen molar-refractivity contribution in [1.29, 1.82) is 0 Å². The molecule has 0 aromatic heterocycles. The summed E-state index contributed by atoms with van der Waals surface area (Å²) in [5, 5.41) is 0. The van der Waals surface area contributed by atoms with Gasteiger partial charge in [-0.3, -0.25) is 0 Å². The van der Waals surface area contributed by atoms with E-state index in [0.717, 1.165) is 0 Å². The average Bonchev–Trinajstić information content (AvgIpc) is 1.65. The number of carbonyl (C=O) groups is 2. The molecule has 0 aliphatic carbocycles. The zero-order valence-corrected chi connectivity index (χ0v) is 5.99. The molecule has 0 saturated carbocycles. The second kappa shape index (κ2) is 3.81. The second-order valence-electron chi connectivity index (χ2n) is 1.35. The maximum absolute atomic E-state index is 10.2. The number of Topliss-reactive ketones (excluding diaryl/α,β-unsaturated/α-hetero) is 1. The standard InChI is InChI=1S/C4H6O3.Ti/c1-3(5)2-4(6)7;/h2H2,1H3,(H,6,7);/q;+1/p-1. The maximum atomic E-state index is 10.2. The van der Waals surface area contributed by atoms with Crippen LogP contribution in [0.4, 0.5) is 0 Å². The fourth-order valence-electron chi connectivity index (χ4n) is 0.239. The van der Waals surface area contributed by atoms with E-state index in [1.807, 2.05) is 0 Å². The first-order valence-corrected chi connectivity index (χ1v) is 2.66. The van der Waals surface area contributed by atoms with E-state index >= 15 is 0 Å². The van der Waals surface area contributed by atoms with Gasteiger partial charge in [-0.1, -0.05) is 0 Å². The molecular weight excluding hydrogens is 144 g/mol. The second-order valence-corrected chi connectivity index (χ2v) is 1.67. The molecular formula is C4H5O3Ti. The number of hydrogen-bond acceptors (Lipinski definition) is 3. The van der Waals surface area contributed by atoms with Crippen molar-refractivity contribution in [1.82, 2.24) is 0 Å². The summed E-state index contributed by atoms with van der Waals surface area (Å²) in [6.45, 7) is 1.34. The Morgan fingerprint density at radius 3 is 2.25 bits per heavy atom. The van der Waals surface area contributed by atoms with E-state index in [1.54, 1.807) is 0 Å². The SMILES string of the molecule is CC(=O)CC(=O)[O][Ti]. The minimum absolute atomic E-state index is 0.115. The third kappa shape index (κ3) is 4.03. The molecule has 0 heterocycles. The predicted molar refractivity (Wildman–Crippen MR) is 21.4 cm³/mol. The summed E-state index contributed by atoms with van der Waals surface area (Å²) in [5.41, 5.74) is 0. The van der Waals surface area contributed by atoms with Gasteiger partial charge in [-0.2, -0.15) is 0 Å². The van der Waals surface area contributed by atoms with Crippen LogP contribution in [0.25, 0.3) is 0 Å². The molecule has 0 radical (unpaired) electrons. The van der Waals surface area contributed by atoms with E-state index in [2.05, 4.69) is 3.32 Å². The Bertz CT molecular complexity index is 110. The Hall–Kier alpha value is -0.146. The predicted octanol–water partition coefficient (Wildman–Crippen LogP) is -0.0295. The van der Waals surface area contributed by atoms with E-state index < -0.39 is 5.97 Å². The van der Waals surface area contributed by atoms with Crippen molar-refractivity contribution >= 4 is 11.8 Å². The Labute approximate surface area is 59.3 Å². The first-order valence-electron chi connectivity index (χ1n) is 2.02. The van der Waals surface area contributed by atoms with Crippen LogP contribution in [0.5, 0.6) is 0 Å². The van der Waals surface area contributed by atoms with Gasteiger partial charge in [0.05, 0.1) is 0 Å². The molecule has 4 heteroatoms. The van der Waals surface area contributed by atoms with Crippen LogP contribution in [0.3, 0.4) is 0 Å². The van der Waals surface area contributed by atoms with Crippen molar-refractivity contribution in [2.24, 2.45) is 0 Å². The molecule has 0 N–H and O–H groups in total. The van der Waals surface area contributed by atoms with Crippen molar-refractivity contribution in [3.8, 4) is 0 Å². The first kappa shape index (κ1) is 7.85. The van der Waals surface area contributed by atoms with E-state index in [9.17, 15) is 9.59 Å². The molecule has 0 bridgehead atoms. The first-order chi connectivity index (χ1) is 3.66. The molecule has 0 spiro atoms. The number of carbonyl (C=O) groups excluding carboxylic acids is 2. The van der Waals surface area contributed by atoms with E-state index in [-0.39, 0.29) is 12.2 Å². The van der Waals surface area contributed by atoms with E-state index in [4.69, 9.17) is 0 Å². The van der Waals surface area contributed by atoms with Crippen molar-refractivity contribution < 1.29 is 33.7 Å². The summed E-state index contributed by atoms with van der Waals surface area (Å²) in [5.74, 6) is -0.644. The monoisotopic (exact) mass is 149 g/mol. The van der Waals surface area contributed by atoms with Gasteiger partial charge >= 0.3 is 58.8 Å². The van der Waals surface area contributed by atoms with Crippen LogP contribution in [0, 0.1) is 0 Å². The van der Waals surface area contributed by atoms with Gasteiger partial charge < -0.3 is 0 Å². The average molecular weight is 149 g/mol. The topological polar surface area (TPSA) is 43.4 Å². The van der Waals surface area contributed by atoms with Gasteiger partial charge in [-0.25, -0.2) is 0 Å². The van der Waals surface area contributed by atoms with Crippen LogP contribution in [0.15, 0.2) is 0 Å². The van der Waals surface area contributed by atoms with Gasteiger partial charge in [0.1, 0.15) is 0 Å². The van der Waals surface area contributed by atoms with E-state index in [1.165, 1.54) is 27.7 Å². The molecule has 0 aromatic rings. The van der Waals surface area contributed by atoms with Crippen LogP contribution in [0.1, 0.15) is 13.3 Å². The molecule has 0 amide bonds. The quantitative estimate of drug-likeness (QED) is 0.409. The minimum atomic E-state index is -0.475. The normalized spacial score (nSPS) is 8.00. The van der Waals surface area contributed by atoms with Crippen LogP contribution in [0.2, 0.25) is 0 Å². The Balaban J connectivity index is 3.40. The molecule has 0 aliphatic heterocycles. The molecule has 0 aromatic carbocycles. The van der Waals surface area contributed by atoms with Crippen LogP contribution < -0.4 is 0 Å². The Morgan fingerprint density at radius 1 is 1.62 bits per heavy atom. The molecule has 0 rings (SSSR count). The number of rotatable bonds is 2. The van der Waals surface area contributed by atoms with Crippen molar-refractivity contribution in [2.45, 2.75) is 13.3 Å². The third-order valence-corrected chi connectivity index (χ3v) is 0.863. The summed E-state index contributed by atoms with van der Waals surface area (Å²) in [6, 6.07) is 0. The molecule has 43 valence electrons. The van der Waals surface area contributed by atoms with Gasteiger partial charge in [0.15, 0.2) is 0 Å². The number of ketones is 1. The molecule has 3 nitrogen and oxygen atoms in total. The molecule has 0 atom stereocenters. The van der Waals surface area contributed by atoms with Gasteiger partial charge in [-0.15, -0.1) is 0 Å². The number of hydrogen-bond donors (Lipinski definition) is 0. The van der Waals surface area contributed by atoms with Crippen molar-refractivity contribution in [2.75, 3.05) is 0 Å². The van der Waals surface area contributed by atoms with Gasteiger partial charge in [0.2, 0.25) is 0 Å². The Morgan fingerprint density at radius 2 is 2.12 bits per heavy atom. The summed E-state index contributed by atoms with van der Waals surface area (Å²) < 4.78 is 4.20. The molecule has 0 fully saturated rings. The fourth-order valence-corrected chi connectivity index (χ4v) is 0.352.